The maximum atomic E-state index is 12.6. The first-order valence-electron chi connectivity index (χ1n) is 10.6. The highest BCUT2D eigenvalue weighted by Gasteiger charge is 2.54. The fraction of sp³-hybridized carbons (Fsp3) is 0.682. The lowest BCUT2D eigenvalue weighted by Gasteiger charge is -2.62. The number of hydrogen-bond donors (Lipinski definition) is 2. The largest absolute Gasteiger partial charge is 0.362 e. The van der Waals surface area contributed by atoms with E-state index in [1.807, 2.05) is 24.3 Å². The molecule has 7 rings (SSSR count). The van der Waals surface area contributed by atoms with E-state index in [4.69, 9.17) is 0 Å². The number of nitrogens with zero attached hydrogens (tertiary/aromatic N) is 1. The molecule has 5 fully saturated rings. The molecule has 4 heteroatoms. The Morgan fingerprint density at radius 2 is 1.50 bits per heavy atom. The van der Waals surface area contributed by atoms with Gasteiger partial charge in [-0.1, -0.05) is 12.1 Å². The Balaban J connectivity index is 1.21. The van der Waals surface area contributed by atoms with Crippen LogP contribution >= 0.6 is 0 Å². The number of carbonyl (C=O) groups excluding carboxylic acids is 1. The first-order valence-corrected chi connectivity index (χ1v) is 10.6. The summed E-state index contributed by atoms with van der Waals surface area (Å²) in [7, 11) is 0. The molecule has 0 radical (unpaired) electrons. The number of fused-ring (bicyclic) bond motifs is 1. The SMILES string of the molecule is O=C1NC2(CCN(C34CC5CC(CC(C5)C3)C4)CC2)Nc2ccccc21. The van der Waals surface area contributed by atoms with Crippen molar-refractivity contribution in [1.82, 2.24) is 10.2 Å². The van der Waals surface area contributed by atoms with Gasteiger partial charge in [0.25, 0.3) is 5.91 Å². The van der Waals surface area contributed by atoms with Crippen molar-refractivity contribution >= 4 is 11.6 Å². The Hall–Kier alpha value is -1.55. The van der Waals surface area contributed by atoms with Gasteiger partial charge in [0.05, 0.1) is 5.56 Å². The summed E-state index contributed by atoms with van der Waals surface area (Å²) in [6, 6.07) is 7.91. The van der Waals surface area contributed by atoms with Crippen molar-refractivity contribution < 1.29 is 4.79 Å². The zero-order valence-electron chi connectivity index (χ0n) is 15.5. The number of rotatable bonds is 1. The fourth-order valence-corrected chi connectivity index (χ4v) is 7.43. The molecule has 1 amide bonds. The molecule has 26 heavy (non-hydrogen) atoms. The van der Waals surface area contributed by atoms with E-state index in [2.05, 4.69) is 15.5 Å². The van der Waals surface area contributed by atoms with Crippen LogP contribution in [-0.2, 0) is 0 Å². The van der Waals surface area contributed by atoms with E-state index in [1.165, 1.54) is 38.5 Å². The third-order valence-electron chi connectivity index (χ3n) is 8.19. The van der Waals surface area contributed by atoms with Crippen LogP contribution in [0, 0.1) is 17.8 Å². The van der Waals surface area contributed by atoms with Crippen LogP contribution < -0.4 is 10.6 Å². The van der Waals surface area contributed by atoms with Crippen molar-refractivity contribution in [3.63, 3.8) is 0 Å². The molecule has 6 aliphatic rings. The number of para-hydroxylation sites is 1. The summed E-state index contributed by atoms with van der Waals surface area (Å²) in [4.78, 5) is 15.4. The van der Waals surface area contributed by atoms with Gasteiger partial charge in [-0.05, 0) is 68.4 Å². The van der Waals surface area contributed by atoms with Gasteiger partial charge < -0.3 is 10.6 Å². The number of hydrogen-bond acceptors (Lipinski definition) is 3. The number of likely N-dealkylation sites (tertiary alicyclic amines) is 1. The highest BCUT2D eigenvalue weighted by atomic mass is 16.2. The average Bonchev–Trinajstić information content (AvgIpc) is 2.61. The van der Waals surface area contributed by atoms with Crippen molar-refractivity contribution in [2.24, 2.45) is 17.8 Å². The van der Waals surface area contributed by atoms with Crippen molar-refractivity contribution in [1.29, 1.82) is 0 Å². The highest BCUT2D eigenvalue weighted by molar-refractivity contribution is 6.02. The molecule has 1 aromatic rings. The lowest BCUT2D eigenvalue weighted by molar-refractivity contribution is -0.0996. The normalized spacial score (nSPS) is 40.2. The predicted octanol–water partition coefficient (Wildman–Crippen LogP) is 3.60. The van der Waals surface area contributed by atoms with Gasteiger partial charge in [-0.3, -0.25) is 9.69 Å². The lowest BCUT2D eigenvalue weighted by Crippen LogP contribution is -2.67. The number of nitrogens with one attached hydrogen (secondary N) is 2. The smallest absolute Gasteiger partial charge is 0.255 e. The Morgan fingerprint density at radius 3 is 2.15 bits per heavy atom. The van der Waals surface area contributed by atoms with E-state index in [1.54, 1.807) is 0 Å². The number of amides is 1. The summed E-state index contributed by atoms with van der Waals surface area (Å²) in [5, 5.41) is 6.98. The summed E-state index contributed by atoms with van der Waals surface area (Å²) in [6.07, 6.45) is 10.9. The predicted molar refractivity (Wildman–Crippen MR) is 102 cm³/mol. The maximum Gasteiger partial charge on any atom is 0.255 e. The van der Waals surface area contributed by atoms with Crippen LogP contribution in [0.3, 0.4) is 0 Å². The van der Waals surface area contributed by atoms with E-state index in [9.17, 15) is 4.79 Å². The topological polar surface area (TPSA) is 44.4 Å². The summed E-state index contributed by atoms with van der Waals surface area (Å²) < 4.78 is 0. The van der Waals surface area contributed by atoms with Crippen LogP contribution in [0.5, 0.6) is 0 Å². The van der Waals surface area contributed by atoms with Crippen molar-refractivity contribution in [2.45, 2.75) is 62.6 Å². The third-order valence-corrected chi connectivity index (χ3v) is 8.19. The Kier molecular flexibility index (Phi) is 3.13. The van der Waals surface area contributed by atoms with Crippen LogP contribution in [0.15, 0.2) is 24.3 Å². The van der Waals surface area contributed by atoms with Crippen LogP contribution in [0.2, 0.25) is 0 Å². The second-order valence-electron chi connectivity index (χ2n) is 9.84. The standard InChI is InChI=1S/C22H29N3O/c26-20-18-3-1-2-4-19(18)23-22(24-20)5-7-25(8-6-22)21-12-15-9-16(13-21)11-17(10-15)14-21/h1-4,15-17,23H,5-14H2,(H,24,26). The molecule has 2 aliphatic heterocycles. The van der Waals surface area contributed by atoms with Gasteiger partial charge >= 0.3 is 0 Å². The van der Waals surface area contributed by atoms with E-state index < -0.39 is 0 Å². The molecular formula is C22H29N3O. The molecule has 4 aliphatic carbocycles. The summed E-state index contributed by atoms with van der Waals surface area (Å²) in [5.74, 6) is 3.08. The van der Waals surface area contributed by atoms with E-state index in [0.29, 0.717) is 5.54 Å². The molecule has 2 heterocycles. The maximum absolute atomic E-state index is 12.6. The number of piperidine rings is 1. The van der Waals surface area contributed by atoms with E-state index >= 15 is 0 Å². The molecule has 4 bridgehead atoms. The van der Waals surface area contributed by atoms with Gasteiger partial charge in [-0.2, -0.15) is 0 Å². The highest BCUT2D eigenvalue weighted by Crippen LogP contribution is 2.58. The van der Waals surface area contributed by atoms with Crippen molar-refractivity contribution in [3.05, 3.63) is 29.8 Å². The summed E-state index contributed by atoms with van der Waals surface area (Å²) in [5.41, 5.74) is 2.03. The molecule has 1 spiro atoms. The molecular weight excluding hydrogens is 322 g/mol. The fourth-order valence-electron chi connectivity index (χ4n) is 7.43. The van der Waals surface area contributed by atoms with Crippen LogP contribution in [0.4, 0.5) is 5.69 Å². The molecule has 1 saturated heterocycles. The summed E-state index contributed by atoms with van der Waals surface area (Å²) >= 11 is 0. The zero-order valence-corrected chi connectivity index (χ0v) is 15.5. The minimum Gasteiger partial charge on any atom is -0.362 e. The quantitative estimate of drug-likeness (QED) is 0.812. The minimum atomic E-state index is -0.246. The molecule has 4 nitrogen and oxygen atoms in total. The van der Waals surface area contributed by atoms with E-state index in [-0.39, 0.29) is 11.6 Å². The lowest BCUT2D eigenvalue weighted by atomic mass is 9.52. The Bertz CT molecular complexity index is 714. The first kappa shape index (κ1) is 15.5. The van der Waals surface area contributed by atoms with Gasteiger partial charge in [-0.25, -0.2) is 0 Å². The molecule has 0 unspecified atom stereocenters. The van der Waals surface area contributed by atoms with Gasteiger partial charge in [0.2, 0.25) is 0 Å². The number of anilines is 1. The van der Waals surface area contributed by atoms with Gasteiger partial charge in [-0.15, -0.1) is 0 Å². The van der Waals surface area contributed by atoms with Crippen LogP contribution in [0.25, 0.3) is 0 Å². The Morgan fingerprint density at radius 1 is 0.885 bits per heavy atom. The second-order valence-corrected chi connectivity index (χ2v) is 9.84. The number of benzene rings is 1. The second kappa shape index (κ2) is 5.25. The average molecular weight is 351 g/mol. The van der Waals surface area contributed by atoms with E-state index in [0.717, 1.165) is 54.9 Å². The number of carbonyl (C=O) groups is 1. The van der Waals surface area contributed by atoms with Gasteiger partial charge in [0, 0.05) is 37.2 Å². The van der Waals surface area contributed by atoms with Crippen LogP contribution in [-0.4, -0.2) is 35.1 Å². The van der Waals surface area contributed by atoms with Crippen LogP contribution in [0.1, 0.15) is 61.7 Å². The van der Waals surface area contributed by atoms with Gasteiger partial charge in [0.1, 0.15) is 5.66 Å². The minimum absolute atomic E-state index is 0.0857. The summed E-state index contributed by atoms with van der Waals surface area (Å²) in [6.45, 7) is 2.23. The van der Waals surface area contributed by atoms with Gasteiger partial charge in [0.15, 0.2) is 0 Å². The molecule has 4 saturated carbocycles. The molecule has 0 atom stereocenters. The van der Waals surface area contributed by atoms with Crippen molar-refractivity contribution in [3.8, 4) is 0 Å². The third kappa shape index (κ3) is 2.20. The van der Waals surface area contributed by atoms with Crippen molar-refractivity contribution in [2.75, 3.05) is 18.4 Å². The Labute approximate surface area is 155 Å². The zero-order chi connectivity index (χ0) is 17.4. The monoisotopic (exact) mass is 351 g/mol. The molecule has 2 N–H and O–H groups in total. The first-order chi connectivity index (χ1) is 12.6. The molecule has 0 aromatic heterocycles. The molecule has 1 aromatic carbocycles. The molecule has 138 valence electrons.